The maximum atomic E-state index is 5.91. The van der Waals surface area contributed by atoms with Crippen LogP contribution in [0.5, 0.6) is 5.75 Å². The summed E-state index contributed by atoms with van der Waals surface area (Å²) in [6.07, 6.45) is 2.27. The summed E-state index contributed by atoms with van der Waals surface area (Å²) in [6.45, 7) is 4.89. The van der Waals surface area contributed by atoms with E-state index in [1.54, 1.807) is 0 Å². The van der Waals surface area contributed by atoms with Crippen molar-refractivity contribution < 1.29 is 4.74 Å². The van der Waals surface area contributed by atoms with E-state index in [2.05, 4.69) is 57.8 Å². The lowest BCUT2D eigenvalue weighted by molar-refractivity contribution is 0.223. The molecule has 1 heterocycles. The van der Waals surface area contributed by atoms with Crippen LogP contribution in [-0.2, 0) is 0 Å². The van der Waals surface area contributed by atoms with E-state index in [4.69, 9.17) is 4.74 Å². The van der Waals surface area contributed by atoms with Crippen LogP contribution < -0.4 is 20.3 Å². The molecule has 0 amide bonds. The molecule has 5 nitrogen and oxygen atoms in total. The number of benzene rings is 2. The first-order valence-electron chi connectivity index (χ1n) is 9.73. The first kappa shape index (κ1) is 19.1. The molecule has 0 aromatic heterocycles. The topological polar surface area (TPSA) is 48.9 Å². The van der Waals surface area contributed by atoms with Crippen molar-refractivity contribution in [3.8, 4) is 5.75 Å². The standard InChI is InChI=1S/C22H30N4O/c1-18(27-21-11-7-4-8-12-21)17-24-22(23-2)25-19-13-15-26(16-14-19)20-9-5-3-6-10-20/h3-12,18-19H,13-17H2,1-2H3,(H2,23,24,25). The maximum absolute atomic E-state index is 5.91. The summed E-state index contributed by atoms with van der Waals surface area (Å²) < 4.78 is 5.91. The number of piperidine rings is 1. The lowest BCUT2D eigenvalue weighted by Crippen LogP contribution is -2.50. The van der Waals surface area contributed by atoms with Gasteiger partial charge in [0.2, 0.25) is 0 Å². The molecular weight excluding hydrogens is 336 g/mol. The molecule has 1 aliphatic heterocycles. The van der Waals surface area contributed by atoms with Gasteiger partial charge in [-0.05, 0) is 44.0 Å². The molecular formula is C22H30N4O. The highest BCUT2D eigenvalue weighted by Gasteiger charge is 2.20. The number of aliphatic imine (C=N–C) groups is 1. The molecule has 0 radical (unpaired) electrons. The SMILES string of the molecule is CN=C(NCC(C)Oc1ccccc1)NC1CCN(c2ccccc2)CC1. The fourth-order valence-corrected chi connectivity index (χ4v) is 3.32. The van der Waals surface area contributed by atoms with Gasteiger partial charge in [-0.1, -0.05) is 36.4 Å². The zero-order chi connectivity index (χ0) is 18.9. The van der Waals surface area contributed by atoms with Gasteiger partial charge in [0, 0.05) is 31.9 Å². The van der Waals surface area contributed by atoms with Crippen molar-refractivity contribution in [1.29, 1.82) is 0 Å². The normalized spacial score (nSPS) is 16.7. The Morgan fingerprint density at radius 2 is 1.70 bits per heavy atom. The molecule has 1 atom stereocenters. The third-order valence-electron chi connectivity index (χ3n) is 4.82. The highest BCUT2D eigenvalue weighted by atomic mass is 16.5. The maximum Gasteiger partial charge on any atom is 0.191 e. The monoisotopic (exact) mass is 366 g/mol. The molecule has 27 heavy (non-hydrogen) atoms. The van der Waals surface area contributed by atoms with Gasteiger partial charge >= 0.3 is 0 Å². The quantitative estimate of drug-likeness (QED) is 0.608. The van der Waals surface area contributed by atoms with Crippen molar-refractivity contribution in [3.63, 3.8) is 0 Å². The third-order valence-corrected chi connectivity index (χ3v) is 4.82. The van der Waals surface area contributed by atoms with E-state index in [0.29, 0.717) is 12.6 Å². The summed E-state index contributed by atoms with van der Waals surface area (Å²) in [4.78, 5) is 6.81. The third kappa shape index (κ3) is 5.91. The number of hydrogen-bond donors (Lipinski definition) is 2. The van der Waals surface area contributed by atoms with Crippen molar-refractivity contribution in [2.75, 3.05) is 31.6 Å². The van der Waals surface area contributed by atoms with Gasteiger partial charge in [-0.2, -0.15) is 0 Å². The van der Waals surface area contributed by atoms with Gasteiger partial charge in [0.05, 0.1) is 6.54 Å². The number of hydrogen-bond acceptors (Lipinski definition) is 3. The van der Waals surface area contributed by atoms with Crippen molar-refractivity contribution in [2.24, 2.45) is 4.99 Å². The molecule has 3 rings (SSSR count). The van der Waals surface area contributed by atoms with Crippen LogP contribution in [0.2, 0.25) is 0 Å². The van der Waals surface area contributed by atoms with Gasteiger partial charge in [0.1, 0.15) is 11.9 Å². The van der Waals surface area contributed by atoms with Gasteiger partial charge in [-0.15, -0.1) is 0 Å². The average Bonchev–Trinajstić information content (AvgIpc) is 2.73. The van der Waals surface area contributed by atoms with E-state index in [1.807, 2.05) is 37.4 Å². The Kier molecular flexibility index (Phi) is 6.97. The fraction of sp³-hybridized carbons (Fsp3) is 0.409. The van der Waals surface area contributed by atoms with E-state index >= 15 is 0 Å². The minimum atomic E-state index is 0.0610. The van der Waals surface area contributed by atoms with Crippen LogP contribution in [0.4, 0.5) is 5.69 Å². The zero-order valence-electron chi connectivity index (χ0n) is 16.3. The van der Waals surface area contributed by atoms with Crippen LogP contribution in [0, 0.1) is 0 Å². The van der Waals surface area contributed by atoms with E-state index in [-0.39, 0.29) is 6.10 Å². The lowest BCUT2D eigenvalue weighted by atomic mass is 10.0. The van der Waals surface area contributed by atoms with Crippen LogP contribution in [-0.4, -0.2) is 44.8 Å². The molecule has 1 saturated heterocycles. The number of anilines is 1. The highest BCUT2D eigenvalue weighted by molar-refractivity contribution is 5.80. The van der Waals surface area contributed by atoms with E-state index in [1.165, 1.54) is 5.69 Å². The molecule has 2 aromatic carbocycles. The largest absolute Gasteiger partial charge is 0.489 e. The van der Waals surface area contributed by atoms with Gasteiger partial charge < -0.3 is 20.3 Å². The molecule has 0 saturated carbocycles. The highest BCUT2D eigenvalue weighted by Crippen LogP contribution is 2.19. The molecule has 1 unspecified atom stereocenters. The molecule has 1 aliphatic rings. The van der Waals surface area contributed by atoms with Crippen molar-refractivity contribution in [2.45, 2.75) is 31.9 Å². The number of guanidine groups is 1. The van der Waals surface area contributed by atoms with Crippen LogP contribution >= 0.6 is 0 Å². The van der Waals surface area contributed by atoms with Crippen molar-refractivity contribution in [3.05, 3.63) is 60.7 Å². The average molecular weight is 367 g/mol. The van der Waals surface area contributed by atoms with Crippen LogP contribution in [0.15, 0.2) is 65.7 Å². The number of ether oxygens (including phenoxy) is 1. The summed E-state index contributed by atoms with van der Waals surface area (Å²) in [5.41, 5.74) is 1.31. The number of rotatable bonds is 6. The minimum absolute atomic E-state index is 0.0610. The second kappa shape index (κ2) is 9.86. The molecule has 0 bridgehead atoms. The molecule has 1 fully saturated rings. The molecule has 0 spiro atoms. The van der Waals surface area contributed by atoms with Crippen molar-refractivity contribution >= 4 is 11.6 Å². The Hall–Kier alpha value is -2.69. The minimum Gasteiger partial charge on any atom is -0.489 e. The number of nitrogens with one attached hydrogen (secondary N) is 2. The smallest absolute Gasteiger partial charge is 0.191 e. The zero-order valence-corrected chi connectivity index (χ0v) is 16.3. The van der Waals surface area contributed by atoms with E-state index in [0.717, 1.165) is 37.6 Å². The first-order valence-corrected chi connectivity index (χ1v) is 9.73. The van der Waals surface area contributed by atoms with Gasteiger partial charge in [0.15, 0.2) is 5.96 Å². The van der Waals surface area contributed by atoms with E-state index < -0.39 is 0 Å². The summed E-state index contributed by atoms with van der Waals surface area (Å²) >= 11 is 0. The second-order valence-electron chi connectivity index (χ2n) is 6.94. The summed E-state index contributed by atoms with van der Waals surface area (Å²) in [5.74, 6) is 1.74. The second-order valence-corrected chi connectivity index (χ2v) is 6.94. The first-order chi connectivity index (χ1) is 13.2. The Morgan fingerprint density at radius 1 is 1.07 bits per heavy atom. The Morgan fingerprint density at radius 3 is 2.33 bits per heavy atom. The lowest BCUT2D eigenvalue weighted by Gasteiger charge is -2.34. The molecule has 5 heteroatoms. The number of nitrogens with zero attached hydrogens (tertiary/aromatic N) is 2. The fourth-order valence-electron chi connectivity index (χ4n) is 3.32. The molecule has 144 valence electrons. The van der Waals surface area contributed by atoms with Crippen LogP contribution in [0.25, 0.3) is 0 Å². The predicted octanol–water partition coefficient (Wildman–Crippen LogP) is 3.29. The van der Waals surface area contributed by atoms with Gasteiger partial charge in [-0.3, -0.25) is 4.99 Å². The Bertz CT molecular complexity index is 697. The molecule has 2 N–H and O–H groups in total. The Labute approximate surface area is 162 Å². The van der Waals surface area contributed by atoms with E-state index in [9.17, 15) is 0 Å². The summed E-state index contributed by atoms with van der Waals surface area (Å²) in [5, 5.41) is 6.93. The summed E-state index contributed by atoms with van der Waals surface area (Å²) in [7, 11) is 1.82. The predicted molar refractivity (Wildman–Crippen MR) is 113 cm³/mol. The molecule has 2 aromatic rings. The van der Waals surface area contributed by atoms with Crippen LogP contribution in [0.3, 0.4) is 0 Å². The summed E-state index contributed by atoms with van der Waals surface area (Å²) in [6, 6.07) is 21.0. The Balaban J connectivity index is 1.40. The van der Waals surface area contributed by atoms with Gasteiger partial charge in [-0.25, -0.2) is 0 Å². The molecule has 0 aliphatic carbocycles. The van der Waals surface area contributed by atoms with Gasteiger partial charge in [0.25, 0.3) is 0 Å². The number of para-hydroxylation sites is 2. The van der Waals surface area contributed by atoms with Crippen molar-refractivity contribution in [1.82, 2.24) is 10.6 Å². The van der Waals surface area contributed by atoms with Crippen LogP contribution in [0.1, 0.15) is 19.8 Å².